The number of nitrogens with zero attached hydrogens (tertiary/aromatic N) is 1. The van der Waals surface area contributed by atoms with Crippen LogP contribution in [0.3, 0.4) is 0 Å². The smallest absolute Gasteiger partial charge is 0.222 e. The van der Waals surface area contributed by atoms with Crippen LogP contribution in [0.4, 0.5) is 0 Å². The van der Waals surface area contributed by atoms with Gasteiger partial charge >= 0.3 is 0 Å². The molecule has 4 heteroatoms. The molecule has 3 rings (SSSR count). The Bertz CT molecular complexity index is 528. The standard InChI is InChI=1S/C19H27NO3/c1-20(9-10-23-18-7-5-17(22-2)6-8-18)19(21)13-16-12-14-3-4-15(16)11-14/h5-8,14-16H,3-4,9-13H2,1-2H3. The maximum absolute atomic E-state index is 12.4. The van der Waals surface area contributed by atoms with Gasteiger partial charge < -0.3 is 14.4 Å². The number of methoxy groups -OCH3 is 1. The van der Waals surface area contributed by atoms with Crippen LogP contribution in [-0.2, 0) is 4.79 Å². The molecule has 0 spiro atoms. The monoisotopic (exact) mass is 317 g/mol. The van der Waals surface area contributed by atoms with Crippen molar-refractivity contribution in [3.63, 3.8) is 0 Å². The van der Waals surface area contributed by atoms with Crippen molar-refractivity contribution < 1.29 is 14.3 Å². The molecule has 2 fully saturated rings. The van der Waals surface area contributed by atoms with E-state index in [9.17, 15) is 4.79 Å². The molecule has 126 valence electrons. The highest BCUT2D eigenvalue weighted by Gasteiger charge is 2.40. The molecule has 2 aliphatic carbocycles. The summed E-state index contributed by atoms with van der Waals surface area (Å²) in [4.78, 5) is 14.2. The molecule has 3 unspecified atom stereocenters. The van der Waals surface area contributed by atoms with Gasteiger partial charge in [0.2, 0.25) is 5.91 Å². The summed E-state index contributed by atoms with van der Waals surface area (Å²) in [6, 6.07) is 7.52. The normalized spacial score (nSPS) is 25.4. The van der Waals surface area contributed by atoms with Crippen molar-refractivity contribution in [2.24, 2.45) is 17.8 Å². The average Bonchev–Trinajstić information content (AvgIpc) is 3.18. The number of hydrogen-bond donors (Lipinski definition) is 0. The summed E-state index contributed by atoms with van der Waals surface area (Å²) in [5.74, 6) is 4.23. The Morgan fingerprint density at radius 2 is 1.91 bits per heavy atom. The number of rotatable bonds is 7. The van der Waals surface area contributed by atoms with Gasteiger partial charge in [-0.15, -0.1) is 0 Å². The molecule has 2 bridgehead atoms. The van der Waals surface area contributed by atoms with Crippen molar-refractivity contribution in [2.45, 2.75) is 32.1 Å². The molecule has 0 N–H and O–H groups in total. The van der Waals surface area contributed by atoms with Gasteiger partial charge in [-0.1, -0.05) is 6.42 Å². The van der Waals surface area contributed by atoms with E-state index in [1.54, 1.807) is 7.11 Å². The summed E-state index contributed by atoms with van der Waals surface area (Å²) in [6.07, 6.45) is 6.09. The zero-order chi connectivity index (χ0) is 16.2. The molecule has 4 nitrogen and oxygen atoms in total. The SMILES string of the molecule is COc1ccc(OCCN(C)C(=O)CC2CC3CCC2C3)cc1. The molecule has 2 aliphatic rings. The molecule has 1 aromatic rings. The van der Waals surface area contributed by atoms with E-state index in [1.165, 1.54) is 25.7 Å². The second-order valence-corrected chi connectivity index (χ2v) is 6.98. The van der Waals surface area contributed by atoms with Gasteiger partial charge in [0, 0.05) is 13.5 Å². The Labute approximate surface area is 138 Å². The first kappa shape index (κ1) is 16.2. The van der Waals surface area contributed by atoms with Gasteiger partial charge in [0.1, 0.15) is 18.1 Å². The molecule has 0 aliphatic heterocycles. The minimum atomic E-state index is 0.265. The first-order chi connectivity index (χ1) is 11.2. The van der Waals surface area contributed by atoms with E-state index < -0.39 is 0 Å². The molecular weight excluding hydrogens is 290 g/mol. The highest BCUT2D eigenvalue weighted by atomic mass is 16.5. The quantitative estimate of drug-likeness (QED) is 0.774. The van der Waals surface area contributed by atoms with Crippen LogP contribution in [0.15, 0.2) is 24.3 Å². The zero-order valence-corrected chi connectivity index (χ0v) is 14.2. The predicted octanol–water partition coefficient (Wildman–Crippen LogP) is 3.36. The average molecular weight is 317 g/mol. The predicted molar refractivity (Wildman–Crippen MR) is 89.7 cm³/mol. The summed E-state index contributed by atoms with van der Waals surface area (Å²) >= 11 is 0. The van der Waals surface area contributed by atoms with E-state index in [-0.39, 0.29) is 5.91 Å². The van der Waals surface area contributed by atoms with Gasteiger partial charge in [-0.05, 0) is 61.3 Å². The van der Waals surface area contributed by atoms with Crippen LogP contribution >= 0.6 is 0 Å². The van der Waals surface area contributed by atoms with Crippen molar-refractivity contribution in [1.29, 1.82) is 0 Å². The Balaban J connectivity index is 1.38. The Morgan fingerprint density at radius 1 is 1.17 bits per heavy atom. The largest absolute Gasteiger partial charge is 0.497 e. The van der Waals surface area contributed by atoms with Crippen LogP contribution in [0, 0.1) is 17.8 Å². The minimum Gasteiger partial charge on any atom is -0.497 e. The van der Waals surface area contributed by atoms with Crippen molar-refractivity contribution in [3.05, 3.63) is 24.3 Å². The molecule has 0 saturated heterocycles. The van der Waals surface area contributed by atoms with Crippen molar-refractivity contribution in [1.82, 2.24) is 4.90 Å². The lowest BCUT2D eigenvalue weighted by Gasteiger charge is -2.24. The van der Waals surface area contributed by atoms with E-state index in [1.807, 2.05) is 36.2 Å². The number of hydrogen-bond acceptors (Lipinski definition) is 3. The molecule has 0 aromatic heterocycles. The number of ether oxygens (including phenoxy) is 2. The third kappa shape index (κ3) is 3.98. The summed E-state index contributed by atoms with van der Waals surface area (Å²) in [6.45, 7) is 1.15. The van der Waals surface area contributed by atoms with Crippen molar-refractivity contribution in [3.8, 4) is 11.5 Å². The number of carbonyl (C=O) groups excluding carboxylic acids is 1. The van der Waals surface area contributed by atoms with Crippen LogP contribution in [-0.4, -0.2) is 38.1 Å². The Kier molecular flexibility index (Phi) is 5.09. The van der Waals surface area contributed by atoms with Crippen LogP contribution in [0.2, 0.25) is 0 Å². The second kappa shape index (κ2) is 7.24. The van der Waals surface area contributed by atoms with Gasteiger partial charge in [-0.2, -0.15) is 0 Å². The van der Waals surface area contributed by atoms with E-state index >= 15 is 0 Å². The topological polar surface area (TPSA) is 38.8 Å². The van der Waals surface area contributed by atoms with Crippen LogP contribution in [0.1, 0.15) is 32.1 Å². The summed E-state index contributed by atoms with van der Waals surface area (Å²) in [7, 11) is 3.53. The fourth-order valence-corrected chi connectivity index (χ4v) is 4.10. The summed E-state index contributed by atoms with van der Waals surface area (Å²) < 4.78 is 10.8. The number of carbonyl (C=O) groups is 1. The summed E-state index contributed by atoms with van der Waals surface area (Å²) in [5, 5.41) is 0. The van der Waals surface area contributed by atoms with Gasteiger partial charge in [-0.3, -0.25) is 4.79 Å². The van der Waals surface area contributed by atoms with Gasteiger partial charge in [0.05, 0.1) is 13.7 Å². The molecule has 3 atom stereocenters. The van der Waals surface area contributed by atoms with E-state index in [0.29, 0.717) is 19.1 Å². The second-order valence-electron chi connectivity index (χ2n) is 6.98. The van der Waals surface area contributed by atoms with E-state index in [4.69, 9.17) is 9.47 Å². The van der Waals surface area contributed by atoms with E-state index in [2.05, 4.69) is 0 Å². The Hall–Kier alpha value is -1.71. The lowest BCUT2D eigenvalue weighted by molar-refractivity contribution is -0.131. The third-order valence-corrected chi connectivity index (χ3v) is 5.50. The van der Waals surface area contributed by atoms with E-state index in [0.717, 1.165) is 29.8 Å². The maximum Gasteiger partial charge on any atom is 0.222 e. The van der Waals surface area contributed by atoms with Crippen LogP contribution in [0.5, 0.6) is 11.5 Å². The Morgan fingerprint density at radius 3 is 2.52 bits per heavy atom. The van der Waals surface area contributed by atoms with Crippen LogP contribution < -0.4 is 9.47 Å². The van der Waals surface area contributed by atoms with Gasteiger partial charge in [-0.25, -0.2) is 0 Å². The molecule has 1 amide bonds. The number of benzene rings is 1. The minimum absolute atomic E-state index is 0.265. The fourth-order valence-electron chi connectivity index (χ4n) is 4.10. The molecule has 2 saturated carbocycles. The van der Waals surface area contributed by atoms with Gasteiger partial charge in [0.25, 0.3) is 0 Å². The first-order valence-electron chi connectivity index (χ1n) is 8.66. The van der Waals surface area contributed by atoms with Crippen molar-refractivity contribution in [2.75, 3.05) is 27.3 Å². The van der Waals surface area contributed by atoms with Crippen molar-refractivity contribution >= 4 is 5.91 Å². The number of amides is 1. The molecule has 23 heavy (non-hydrogen) atoms. The lowest BCUT2D eigenvalue weighted by Crippen LogP contribution is -2.33. The highest BCUT2D eigenvalue weighted by Crippen LogP contribution is 2.49. The fraction of sp³-hybridized carbons (Fsp3) is 0.632. The molecule has 0 radical (unpaired) electrons. The molecule has 1 aromatic carbocycles. The summed E-state index contributed by atoms with van der Waals surface area (Å²) in [5.41, 5.74) is 0. The molecular formula is C19H27NO3. The van der Waals surface area contributed by atoms with Gasteiger partial charge in [0.15, 0.2) is 0 Å². The highest BCUT2D eigenvalue weighted by molar-refractivity contribution is 5.76. The number of likely N-dealkylation sites (N-methyl/N-ethyl adjacent to an activating group) is 1. The zero-order valence-electron chi connectivity index (χ0n) is 14.2. The number of fused-ring (bicyclic) bond motifs is 2. The first-order valence-corrected chi connectivity index (χ1v) is 8.66. The van der Waals surface area contributed by atoms with Crippen LogP contribution in [0.25, 0.3) is 0 Å². The molecule has 0 heterocycles. The third-order valence-electron chi connectivity index (χ3n) is 5.50. The lowest BCUT2D eigenvalue weighted by atomic mass is 9.86. The maximum atomic E-state index is 12.4.